The number of halogens is 1. The molecule has 2 N–H and O–H groups in total. The van der Waals surface area contributed by atoms with Gasteiger partial charge in [0.05, 0.1) is 23.0 Å². The van der Waals surface area contributed by atoms with Crippen LogP contribution < -0.4 is 10.6 Å². The number of aromatic nitrogens is 2. The Bertz CT molecular complexity index is 1030. The maximum absolute atomic E-state index is 12.7. The number of nitrogens with one attached hydrogen (secondary N) is 2. The molecule has 1 atom stereocenters. The van der Waals surface area contributed by atoms with Crippen LogP contribution in [-0.4, -0.2) is 27.8 Å². The number of hydrogen-bond acceptors (Lipinski definition) is 6. The topological polar surface area (TPSA) is 84.0 Å². The average molecular weight is 459 g/mol. The van der Waals surface area contributed by atoms with Gasteiger partial charge in [0.25, 0.3) is 5.91 Å². The highest BCUT2D eigenvalue weighted by Gasteiger charge is 2.21. The monoisotopic (exact) mass is 458 g/mol. The fourth-order valence-electron chi connectivity index (χ4n) is 2.62. The molecule has 154 valence electrons. The van der Waals surface area contributed by atoms with E-state index in [1.165, 1.54) is 23.1 Å². The predicted octanol–water partition coefficient (Wildman–Crippen LogP) is 4.97. The van der Waals surface area contributed by atoms with Crippen LogP contribution in [0.3, 0.4) is 0 Å². The normalized spacial score (nSPS) is 11.5. The van der Waals surface area contributed by atoms with E-state index in [0.29, 0.717) is 21.5 Å². The predicted molar refractivity (Wildman–Crippen MR) is 122 cm³/mol. The maximum atomic E-state index is 12.7. The first-order valence-electron chi connectivity index (χ1n) is 9.04. The van der Waals surface area contributed by atoms with Crippen molar-refractivity contribution >= 4 is 51.6 Å². The number of amides is 2. The van der Waals surface area contributed by atoms with Crippen molar-refractivity contribution in [1.82, 2.24) is 15.5 Å². The van der Waals surface area contributed by atoms with Crippen molar-refractivity contribution in [3.8, 4) is 0 Å². The van der Waals surface area contributed by atoms with E-state index in [1.54, 1.807) is 30.3 Å². The second-order valence-electron chi connectivity index (χ2n) is 6.14. The van der Waals surface area contributed by atoms with Crippen molar-refractivity contribution in [1.29, 1.82) is 0 Å². The van der Waals surface area contributed by atoms with Crippen molar-refractivity contribution in [3.05, 3.63) is 83.4 Å². The molecule has 0 fully saturated rings. The van der Waals surface area contributed by atoms with Gasteiger partial charge in [0.2, 0.25) is 11.0 Å². The fraction of sp³-hybridized carbons (Fsp3) is 0.143. The molecule has 0 spiro atoms. The van der Waals surface area contributed by atoms with Gasteiger partial charge in [-0.2, -0.15) is 0 Å². The SMILES string of the molecule is C=CCSc1nnc(NC(=O)C[C@H](NC(=O)c2ccccc2Cl)c2ccccc2)s1. The van der Waals surface area contributed by atoms with E-state index < -0.39 is 6.04 Å². The van der Waals surface area contributed by atoms with Crippen molar-refractivity contribution in [2.45, 2.75) is 16.8 Å². The molecule has 1 aromatic heterocycles. The maximum Gasteiger partial charge on any atom is 0.253 e. The Balaban J connectivity index is 1.70. The first kappa shape index (κ1) is 22.0. The molecule has 9 heteroatoms. The Hall–Kier alpha value is -2.68. The second-order valence-corrected chi connectivity index (χ2v) is 8.79. The van der Waals surface area contributed by atoms with Crippen LogP contribution in [0.5, 0.6) is 0 Å². The van der Waals surface area contributed by atoms with E-state index in [9.17, 15) is 9.59 Å². The zero-order valence-electron chi connectivity index (χ0n) is 15.9. The van der Waals surface area contributed by atoms with Gasteiger partial charge in [0.15, 0.2) is 4.34 Å². The summed E-state index contributed by atoms with van der Waals surface area (Å²) >= 11 is 8.92. The molecule has 0 aliphatic rings. The van der Waals surface area contributed by atoms with Crippen molar-refractivity contribution in [3.63, 3.8) is 0 Å². The zero-order chi connectivity index (χ0) is 21.3. The number of nitrogens with zero attached hydrogens (tertiary/aromatic N) is 2. The van der Waals surface area contributed by atoms with Gasteiger partial charge in [0.1, 0.15) is 0 Å². The van der Waals surface area contributed by atoms with E-state index in [0.717, 1.165) is 9.90 Å². The highest BCUT2D eigenvalue weighted by atomic mass is 35.5. The third kappa shape index (κ3) is 6.16. The van der Waals surface area contributed by atoms with Crippen molar-refractivity contribution in [2.75, 3.05) is 11.1 Å². The first-order chi connectivity index (χ1) is 14.6. The minimum absolute atomic E-state index is 0.0366. The Morgan fingerprint density at radius 1 is 1.13 bits per heavy atom. The van der Waals surface area contributed by atoms with Gasteiger partial charge in [-0.05, 0) is 17.7 Å². The van der Waals surface area contributed by atoms with Crippen molar-refractivity contribution in [2.24, 2.45) is 0 Å². The summed E-state index contributed by atoms with van der Waals surface area (Å²) in [5, 5.41) is 14.4. The Kier molecular flexibility index (Phi) is 8.01. The molecule has 2 amide bonds. The molecule has 0 unspecified atom stereocenters. The summed E-state index contributed by atoms with van der Waals surface area (Å²) in [5.74, 6) is 0.0910. The molecule has 3 aromatic rings. The minimum Gasteiger partial charge on any atom is -0.345 e. The summed E-state index contributed by atoms with van der Waals surface area (Å²) in [5.41, 5.74) is 1.17. The van der Waals surface area contributed by atoms with E-state index in [-0.39, 0.29) is 18.2 Å². The molecule has 0 saturated heterocycles. The van der Waals surface area contributed by atoms with Crippen molar-refractivity contribution < 1.29 is 9.59 Å². The van der Waals surface area contributed by atoms with Gasteiger partial charge in [-0.3, -0.25) is 9.59 Å². The number of anilines is 1. The summed E-state index contributed by atoms with van der Waals surface area (Å²) in [4.78, 5) is 25.4. The van der Waals surface area contributed by atoms with Gasteiger partial charge in [0, 0.05) is 5.75 Å². The van der Waals surface area contributed by atoms with Gasteiger partial charge in [-0.25, -0.2) is 0 Å². The molecule has 0 bridgehead atoms. The van der Waals surface area contributed by atoms with E-state index in [4.69, 9.17) is 11.6 Å². The third-order valence-electron chi connectivity index (χ3n) is 3.99. The number of thioether (sulfide) groups is 1. The van der Waals surface area contributed by atoms with Crippen LogP contribution in [0.4, 0.5) is 5.13 Å². The quantitative estimate of drug-likeness (QED) is 0.268. The van der Waals surface area contributed by atoms with Gasteiger partial charge in [-0.1, -0.05) is 83.2 Å². The van der Waals surface area contributed by atoms with Crippen LogP contribution >= 0.6 is 34.7 Å². The summed E-state index contributed by atoms with van der Waals surface area (Å²) in [6.07, 6.45) is 1.81. The van der Waals surface area contributed by atoms with E-state index >= 15 is 0 Å². The molecular weight excluding hydrogens is 440 g/mol. The number of rotatable bonds is 9. The number of benzene rings is 2. The fourth-order valence-corrected chi connectivity index (χ4v) is 4.37. The smallest absolute Gasteiger partial charge is 0.253 e. The Labute approximate surface area is 187 Å². The lowest BCUT2D eigenvalue weighted by Gasteiger charge is -2.19. The molecule has 6 nitrogen and oxygen atoms in total. The number of hydrogen-bond donors (Lipinski definition) is 2. The molecule has 0 aliphatic heterocycles. The summed E-state index contributed by atoms with van der Waals surface area (Å²) in [6.45, 7) is 3.67. The molecule has 0 radical (unpaired) electrons. The van der Waals surface area contributed by atoms with Crippen LogP contribution in [0.2, 0.25) is 5.02 Å². The Morgan fingerprint density at radius 3 is 2.60 bits per heavy atom. The highest BCUT2D eigenvalue weighted by molar-refractivity contribution is 8.01. The minimum atomic E-state index is -0.530. The number of carbonyl (C=O) groups excluding carboxylic acids is 2. The largest absolute Gasteiger partial charge is 0.345 e. The molecule has 1 heterocycles. The summed E-state index contributed by atoms with van der Waals surface area (Å²) in [6, 6.07) is 15.6. The average Bonchev–Trinajstić information content (AvgIpc) is 3.19. The molecule has 3 rings (SSSR count). The van der Waals surface area contributed by atoms with Crippen LogP contribution in [0, 0.1) is 0 Å². The second kappa shape index (κ2) is 10.9. The zero-order valence-corrected chi connectivity index (χ0v) is 18.3. The van der Waals surface area contributed by atoms with E-state index in [2.05, 4.69) is 27.4 Å². The Morgan fingerprint density at radius 2 is 1.87 bits per heavy atom. The van der Waals surface area contributed by atoms with Gasteiger partial charge in [-0.15, -0.1) is 16.8 Å². The van der Waals surface area contributed by atoms with Crippen LogP contribution in [-0.2, 0) is 4.79 Å². The third-order valence-corrected chi connectivity index (χ3v) is 6.29. The molecular formula is C21H19ClN4O2S2. The van der Waals surface area contributed by atoms with E-state index in [1.807, 2.05) is 30.3 Å². The summed E-state index contributed by atoms with van der Waals surface area (Å²) in [7, 11) is 0. The molecule has 0 saturated carbocycles. The lowest BCUT2D eigenvalue weighted by atomic mass is 10.0. The molecule has 0 aliphatic carbocycles. The molecule has 30 heavy (non-hydrogen) atoms. The van der Waals surface area contributed by atoms with Crippen LogP contribution in [0.25, 0.3) is 0 Å². The number of carbonyl (C=O) groups is 2. The molecule has 2 aromatic carbocycles. The van der Waals surface area contributed by atoms with Crippen LogP contribution in [0.1, 0.15) is 28.4 Å². The van der Waals surface area contributed by atoms with Crippen LogP contribution in [0.15, 0.2) is 71.6 Å². The first-order valence-corrected chi connectivity index (χ1v) is 11.2. The summed E-state index contributed by atoms with van der Waals surface area (Å²) < 4.78 is 0.747. The van der Waals surface area contributed by atoms with Gasteiger partial charge < -0.3 is 10.6 Å². The lowest BCUT2D eigenvalue weighted by molar-refractivity contribution is -0.116. The lowest BCUT2D eigenvalue weighted by Crippen LogP contribution is -2.31. The van der Waals surface area contributed by atoms with Gasteiger partial charge >= 0.3 is 0 Å². The highest BCUT2D eigenvalue weighted by Crippen LogP contribution is 2.26. The standard InChI is InChI=1S/C21H19ClN4O2S2/c1-2-12-29-21-26-25-20(30-21)24-18(27)13-17(14-8-4-3-5-9-14)23-19(28)15-10-6-7-11-16(15)22/h2-11,17H,1,12-13H2,(H,23,28)(H,24,25,27)/t17-/m0/s1.